The molecule has 3 N–H and O–H groups in total. The first kappa shape index (κ1) is 16.0. The van der Waals surface area contributed by atoms with E-state index in [9.17, 15) is 4.79 Å². The fraction of sp³-hybridized carbons (Fsp3) is 0.714. The largest absolute Gasteiger partial charge is 0.382 e. The minimum absolute atomic E-state index is 0.128. The van der Waals surface area contributed by atoms with Crippen molar-refractivity contribution in [1.29, 1.82) is 0 Å². The molecule has 0 bridgehead atoms. The van der Waals surface area contributed by atoms with E-state index in [1.165, 1.54) is 24.2 Å². The molecule has 1 heterocycles. The van der Waals surface area contributed by atoms with E-state index in [4.69, 9.17) is 5.73 Å². The minimum Gasteiger partial charge on any atom is -0.382 e. The molecule has 0 radical (unpaired) electrons. The van der Waals surface area contributed by atoms with Crippen LogP contribution in [0.5, 0.6) is 0 Å². The van der Waals surface area contributed by atoms with Crippen LogP contribution in [0.25, 0.3) is 0 Å². The first-order chi connectivity index (χ1) is 9.93. The Kier molecular flexibility index (Phi) is 5.05. The van der Waals surface area contributed by atoms with Crippen LogP contribution in [0.1, 0.15) is 36.4 Å². The van der Waals surface area contributed by atoms with Gasteiger partial charge in [-0.3, -0.25) is 9.69 Å². The summed E-state index contributed by atoms with van der Waals surface area (Å²) in [7, 11) is 4.05. The molecule has 6 nitrogen and oxygen atoms in total. The van der Waals surface area contributed by atoms with E-state index in [1.54, 1.807) is 0 Å². The molecule has 1 fully saturated rings. The van der Waals surface area contributed by atoms with Crippen LogP contribution in [-0.2, 0) is 0 Å². The molecule has 2 rings (SSSR count). The average Bonchev–Trinajstić information content (AvgIpc) is 3.25. The van der Waals surface area contributed by atoms with Crippen molar-refractivity contribution in [3.63, 3.8) is 0 Å². The van der Waals surface area contributed by atoms with Gasteiger partial charge in [-0.05, 0) is 33.7 Å². The monoisotopic (exact) mass is 311 g/mol. The molecule has 1 saturated carbocycles. The van der Waals surface area contributed by atoms with Crippen LogP contribution >= 0.6 is 11.3 Å². The van der Waals surface area contributed by atoms with Crippen molar-refractivity contribution in [2.75, 3.05) is 37.8 Å². The highest BCUT2D eigenvalue weighted by Gasteiger charge is 2.29. The van der Waals surface area contributed by atoms with Gasteiger partial charge in [-0.2, -0.15) is 0 Å². The maximum absolute atomic E-state index is 12.2. The smallest absolute Gasteiger partial charge is 0.265 e. The molecular formula is C14H25N5OS. The Hall–Kier alpha value is -1.34. The molecule has 118 valence electrons. The van der Waals surface area contributed by atoms with Gasteiger partial charge >= 0.3 is 0 Å². The Morgan fingerprint density at radius 2 is 2.19 bits per heavy atom. The number of hydrogen-bond acceptors (Lipinski definition) is 6. The summed E-state index contributed by atoms with van der Waals surface area (Å²) in [5.41, 5.74) is 5.86. The molecule has 1 aliphatic carbocycles. The standard InChI is InChI=1S/C14H25N5OS/c1-5-18(3)14-17-12(15)11(21-14)13(20)16-8-9(2)19(4)10-6-7-10/h9-10H,5-8,15H2,1-4H3,(H,16,20). The molecule has 7 heteroatoms. The van der Waals surface area contributed by atoms with Gasteiger partial charge < -0.3 is 16.0 Å². The summed E-state index contributed by atoms with van der Waals surface area (Å²) in [6, 6.07) is 1.02. The van der Waals surface area contributed by atoms with E-state index in [0.29, 0.717) is 29.3 Å². The number of nitrogens with one attached hydrogen (secondary N) is 1. The van der Waals surface area contributed by atoms with Gasteiger partial charge in [0.25, 0.3) is 5.91 Å². The van der Waals surface area contributed by atoms with Gasteiger partial charge in [0.1, 0.15) is 10.7 Å². The number of likely N-dealkylation sites (N-methyl/N-ethyl adjacent to an activating group) is 1. The third-order valence-corrected chi connectivity index (χ3v) is 5.21. The molecule has 1 aromatic rings. The van der Waals surface area contributed by atoms with E-state index in [0.717, 1.165) is 11.7 Å². The highest BCUT2D eigenvalue weighted by molar-refractivity contribution is 7.18. The van der Waals surface area contributed by atoms with Crippen LogP contribution in [0.4, 0.5) is 10.9 Å². The van der Waals surface area contributed by atoms with E-state index >= 15 is 0 Å². The number of carbonyl (C=O) groups is 1. The number of nitrogens with two attached hydrogens (primary N) is 1. The Balaban J connectivity index is 1.92. The summed E-state index contributed by atoms with van der Waals surface area (Å²) < 4.78 is 0. The van der Waals surface area contributed by atoms with Crippen molar-refractivity contribution < 1.29 is 4.79 Å². The summed E-state index contributed by atoms with van der Waals surface area (Å²) in [5, 5.41) is 3.75. The summed E-state index contributed by atoms with van der Waals surface area (Å²) in [6.45, 7) is 5.62. The molecule has 21 heavy (non-hydrogen) atoms. The number of rotatable bonds is 7. The summed E-state index contributed by atoms with van der Waals surface area (Å²) in [6.07, 6.45) is 2.53. The van der Waals surface area contributed by atoms with Gasteiger partial charge in [-0.25, -0.2) is 4.98 Å². The van der Waals surface area contributed by atoms with Crippen LogP contribution in [0, 0.1) is 0 Å². The second-order valence-corrected chi connectivity index (χ2v) is 6.66. The number of carbonyl (C=O) groups excluding carboxylic acids is 1. The van der Waals surface area contributed by atoms with Crippen LogP contribution in [0.3, 0.4) is 0 Å². The Labute approximate surface area is 130 Å². The number of nitrogen functional groups attached to an aromatic ring is 1. The van der Waals surface area contributed by atoms with Gasteiger partial charge in [0.15, 0.2) is 5.13 Å². The van der Waals surface area contributed by atoms with Crippen LogP contribution in [-0.4, -0.2) is 55.1 Å². The Morgan fingerprint density at radius 1 is 1.52 bits per heavy atom. The molecule has 1 unspecified atom stereocenters. The van der Waals surface area contributed by atoms with Crippen LogP contribution in [0.15, 0.2) is 0 Å². The first-order valence-electron chi connectivity index (χ1n) is 7.41. The summed E-state index contributed by atoms with van der Waals surface area (Å²) >= 11 is 1.34. The predicted molar refractivity (Wildman–Crippen MR) is 88.1 cm³/mol. The van der Waals surface area contributed by atoms with Gasteiger partial charge in [-0.15, -0.1) is 0 Å². The molecule has 0 spiro atoms. The number of hydrogen-bond donors (Lipinski definition) is 2. The zero-order valence-corrected chi connectivity index (χ0v) is 14.0. The molecule has 1 atom stereocenters. The molecular weight excluding hydrogens is 286 g/mol. The quantitative estimate of drug-likeness (QED) is 0.796. The van der Waals surface area contributed by atoms with Gasteiger partial charge in [0.2, 0.25) is 0 Å². The Morgan fingerprint density at radius 3 is 2.76 bits per heavy atom. The van der Waals surface area contributed by atoms with Crippen molar-refractivity contribution in [2.24, 2.45) is 0 Å². The molecule has 0 aromatic carbocycles. The van der Waals surface area contributed by atoms with E-state index in [1.807, 2.05) is 18.9 Å². The average molecular weight is 311 g/mol. The molecule has 1 amide bonds. The van der Waals surface area contributed by atoms with Crippen molar-refractivity contribution in [2.45, 2.75) is 38.8 Å². The second-order valence-electron chi connectivity index (χ2n) is 5.68. The fourth-order valence-electron chi connectivity index (χ4n) is 2.09. The zero-order valence-electron chi connectivity index (χ0n) is 13.2. The summed E-state index contributed by atoms with van der Waals surface area (Å²) in [5.74, 6) is 0.188. The van der Waals surface area contributed by atoms with Crippen molar-refractivity contribution in [3.05, 3.63) is 4.88 Å². The van der Waals surface area contributed by atoms with Crippen molar-refractivity contribution >= 4 is 28.2 Å². The molecule has 0 aliphatic heterocycles. The lowest BCUT2D eigenvalue weighted by Gasteiger charge is -2.24. The van der Waals surface area contributed by atoms with Crippen molar-refractivity contribution in [3.8, 4) is 0 Å². The maximum Gasteiger partial charge on any atom is 0.265 e. The maximum atomic E-state index is 12.2. The lowest BCUT2D eigenvalue weighted by Crippen LogP contribution is -2.41. The third kappa shape index (κ3) is 3.85. The third-order valence-electron chi connectivity index (χ3n) is 4.03. The molecule has 0 saturated heterocycles. The van der Waals surface area contributed by atoms with Gasteiger partial charge in [0, 0.05) is 32.2 Å². The number of anilines is 2. The number of amides is 1. The zero-order chi connectivity index (χ0) is 15.6. The van der Waals surface area contributed by atoms with Crippen LogP contribution < -0.4 is 16.0 Å². The number of aromatic nitrogens is 1. The highest BCUT2D eigenvalue weighted by Crippen LogP contribution is 2.28. The minimum atomic E-state index is -0.128. The van der Waals surface area contributed by atoms with Crippen molar-refractivity contribution in [1.82, 2.24) is 15.2 Å². The topological polar surface area (TPSA) is 74.5 Å². The highest BCUT2D eigenvalue weighted by atomic mass is 32.1. The predicted octanol–water partition coefficient (Wildman–Crippen LogP) is 1.39. The Bertz CT molecular complexity index is 500. The normalized spacial score (nSPS) is 16.0. The lowest BCUT2D eigenvalue weighted by atomic mass is 10.3. The molecule has 1 aliphatic rings. The van der Waals surface area contributed by atoms with E-state index in [-0.39, 0.29) is 5.91 Å². The SMILES string of the molecule is CCN(C)c1nc(N)c(C(=O)NCC(C)N(C)C2CC2)s1. The fourth-order valence-corrected chi connectivity index (χ4v) is 3.01. The summed E-state index contributed by atoms with van der Waals surface area (Å²) in [4.78, 5) is 21.3. The molecule has 1 aromatic heterocycles. The van der Waals surface area contributed by atoms with Gasteiger partial charge in [-0.1, -0.05) is 11.3 Å². The van der Waals surface area contributed by atoms with E-state index in [2.05, 4.69) is 29.2 Å². The number of nitrogens with zero attached hydrogens (tertiary/aromatic N) is 3. The lowest BCUT2D eigenvalue weighted by molar-refractivity contribution is 0.0944. The number of thiazole rings is 1. The first-order valence-corrected chi connectivity index (χ1v) is 8.23. The second kappa shape index (κ2) is 6.62. The van der Waals surface area contributed by atoms with Gasteiger partial charge in [0.05, 0.1) is 0 Å². The van der Waals surface area contributed by atoms with E-state index < -0.39 is 0 Å². The van der Waals surface area contributed by atoms with Crippen LogP contribution in [0.2, 0.25) is 0 Å².